The van der Waals surface area contributed by atoms with Crippen LogP contribution in [0.15, 0.2) is 16.6 Å². The molecule has 78 valence electrons. The maximum atomic E-state index is 13.1. The second-order valence-electron chi connectivity index (χ2n) is 2.52. The summed E-state index contributed by atoms with van der Waals surface area (Å²) in [5.41, 5.74) is -0.296. The molecule has 0 saturated carbocycles. The monoisotopic (exact) mass is 306 g/mol. The van der Waals surface area contributed by atoms with Gasteiger partial charge < -0.3 is 0 Å². The van der Waals surface area contributed by atoms with Crippen molar-refractivity contribution in [1.82, 2.24) is 0 Å². The third-order valence-electron chi connectivity index (χ3n) is 1.56. The highest BCUT2D eigenvalue weighted by atomic mass is 79.9. The summed E-state index contributed by atoms with van der Waals surface area (Å²) in [5.74, 6) is -0.804. The quantitative estimate of drug-likeness (QED) is 0.544. The van der Waals surface area contributed by atoms with Gasteiger partial charge in [-0.05, 0) is 28.1 Å². The summed E-state index contributed by atoms with van der Waals surface area (Å²) in [6.45, 7) is 0. The number of hydrogen-bond donors (Lipinski definition) is 0. The van der Waals surface area contributed by atoms with Crippen LogP contribution in [0.2, 0.25) is 5.02 Å². The molecule has 0 bridgehead atoms. The number of rotatable bonds is 2. The van der Waals surface area contributed by atoms with E-state index in [2.05, 4.69) is 15.9 Å². The lowest BCUT2D eigenvalue weighted by atomic mass is 10.1. The van der Waals surface area contributed by atoms with Crippen LogP contribution in [0, 0.1) is 5.82 Å². The average Bonchev–Trinajstić information content (AvgIpc) is 2.10. The molecule has 0 aromatic heterocycles. The molecule has 1 rings (SSSR count). The van der Waals surface area contributed by atoms with E-state index in [1.165, 1.54) is 0 Å². The molecule has 0 aliphatic carbocycles. The Morgan fingerprint density at radius 3 is 2.36 bits per heavy atom. The Morgan fingerprint density at radius 2 is 1.86 bits per heavy atom. The van der Waals surface area contributed by atoms with Crippen LogP contribution < -0.4 is 0 Å². The molecule has 1 atom stereocenters. The van der Waals surface area contributed by atoms with Crippen LogP contribution >= 0.6 is 39.1 Å². The van der Waals surface area contributed by atoms with Gasteiger partial charge in [0.05, 0.1) is 5.02 Å². The van der Waals surface area contributed by atoms with Gasteiger partial charge in [-0.25, -0.2) is 13.2 Å². The van der Waals surface area contributed by atoms with Gasteiger partial charge >= 0.3 is 0 Å². The van der Waals surface area contributed by atoms with Gasteiger partial charge in [0.1, 0.15) is 11.2 Å². The van der Waals surface area contributed by atoms with Gasteiger partial charge in [-0.2, -0.15) is 0 Å². The second kappa shape index (κ2) is 4.73. The van der Waals surface area contributed by atoms with Gasteiger partial charge in [-0.1, -0.05) is 11.6 Å². The van der Waals surface area contributed by atoms with E-state index in [0.717, 1.165) is 12.1 Å². The Bertz CT molecular complexity index is 344. The van der Waals surface area contributed by atoms with Crippen LogP contribution in [-0.4, -0.2) is 6.43 Å². The lowest BCUT2D eigenvalue weighted by molar-refractivity contribution is 0.141. The molecule has 0 aliphatic rings. The molecule has 0 amide bonds. The third kappa shape index (κ3) is 2.55. The van der Waals surface area contributed by atoms with Gasteiger partial charge in [0.15, 0.2) is 0 Å². The minimum absolute atomic E-state index is 0.146. The van der Waals surface area contributed by atoms with E-state index in [1.807, 2.05) is 0 Å². The molecule has 0 radical (unpaired) electrons. The van der Waals surface area contributed by atoms with Crippen LogP contribution in [0.25, 0.3) is 0 Å². The lowest BCUT2D eigenvalue weighted by Crippen LogP contribution is -2.04. The second-order valence-corrected chi connectivity index (χ2v) is 4.26. The van der Waals surface area contributed by atoms with Crippen molar-refractivity contribution < 1.29 is 13.2 Å². The smallest absolute Gasteiger partial charge is 0.208 e. The first kappa shape index (κ1) is 12.1. The summed E-state index contributed by atoms with van der Waals surface area (Å²) in [4.78, 5) is 0. The largest absolute Gasteiger partial charge is 0.258 e. The molecule has 1 aromatic rings. The third-order valence-corrected chi connectivity index (χ3v) is 3.18. The summed E-state index contributed by atoms with van der Waals surface area (Å²) >= 11 is 13.9. The van der Waals surface area contributed by atoms with Crippen LogP contribution in [0.5, 0.6) is 0 Å². The molecular weight excluding hydrogens is 304 g/mol. The van der Waals surface area contributed by atoms with E-state index in [9.17, 15) is 13.2 Å². The van der Waals surface area contributed by atoms with Gasteiger partial charge in [-0.3, -0.25) is 0 Å². The fraction of sp³-hybridized carbons (Fsp3) is 0.250. The molecule has 0 fully saturated rings. The van der Waals surface area contributed by atoms with Crippen molar-refractivity contribution in [3.8, 4) is 0 Å². The summed E-state index contributed by atoms with van der Waals surface area (Å²) in [7, 11) is 0. The molecule has 0 spiro atoms. The molecule has 0 nitrogen and oxygen atoms in total. The van der Waals surface area contributed by atoms with Gasteiger partial charge in [0.2, 0.25) is 0 Å². The Kier molecular flexibility index (Phi) is 4.10. The zero-order valence-corrected chi connectivity index (χ0v) is 9.68. The van der Waals surface area contributed by atoms with E-state index in [0.29, 0.717) is 4.47 Å². The summed E-state index contributed by atoms with van der Waals surface area (Å²) in [6.07, 6.45) is -2.83. The van der Waals surface area contributed by atoms with Crippen molar-refractivity contribution in [2.45, 2.75) is 11.8 Å². The van der Waals surface area contributed by atoms with E-state index < -0.39 is 17.6 Å². The van der Waals surface area contributed by atoms with Gasteiger partial charge in [0.25, 0.3) is 6.43 Å². The number of benzene rings is 1. The molecule has 6 heteroatoms. The van der Waals surface area contributed by atoms with Crippen LogP contribution in [0.4, 0.5) is 13.2 Å². The van der Waals surface area contributed by atoms with Crippen LogP contribution in [0.3, 0.4) is 0 Å². The van der Waals surface area contributed by atoms with E-state index in [4.69, 9.17) is 23.2 Å². The maximum absolute atomic E-state index is 13.1. The molecule has 14 heavy (non-hydrogen) atoms. The normalized spacial score (nSPS) is 13.4. The first-order valence-corrected chi connectivity index (χ1v) is 5.11. The first-order chi connectivity index (χ1) is 6.43. The molecule has 0 aliphatic heterocycles. The molecule has 1 aromatic carbocycles. The predicted molar refractivity (Wildman–Crippen MR) is 53.7 cm³/mol. The number of alkyl halides is 3. The van der Waals surface area contributed by atoms with Crippen molar-refractivity contribution >= 4 is 39.1 Å². The Balaban J connectivity index is 3.15. The Hall–Kier alpha value is 0.0700. The summed E-state index contributed by atoms with van der Waals surface area (Å²) in [5, 5.41) is -1.53. The number of hydrogen-bond acceptors (Lipinski definition) is 0. The SMILES string of the molecule is Fc1cc(Br)c(Cl)cc1C(Cl)C(F)F. The zero-order valence-electron chi connectivity index (χ0n) is 6.58. The van der Waals surface area contributed by atoms with E-state index in [-0.39, 0.29) is 10.6 Å². The van der Waals surface area contributed by atoms with E-state index >= 15 is 0 Å². The van der Waals surface area contributed by atoms with Crippen LogP contribution in [-0.2, 0) is 0 Å². The van der Waals surface area contributed by atoms with Gasteiger partial charge in [-0.15, -0.1) is 11.6 Å². The standard InChI is InChI=1S/C8H4BrCl2F3/c9-4-2-6(12)3(1-5(4)10)7(11)8(13)14/h1-2,7-8H. The van der Waals surface area contributed by atoms with Crippen LogP contribution in [0.1, 0.15) is 10.9 Å². The fourth-order valence-electron chi connectivity index (χ4n) is 0.885. The maximum Gasteiger partial charge on any atom is 0.258 e. The highest BCUT2D eigenvalue weighted by molar-refractivity contribution is 9.10. The summed E-state index contributed by atoms with van der Waals surface area (Å²) < 4.78 is 37.8. The highest BCUT2D eigenvalue weighted by Gasteiger charge is 2.23. The van der Waals surface area contributed by atoms with Gasteiger partial charge in [0, 0.05) is 10.0 Å². The number of halogens is 6. The van der Waals surface area contributed by atoms with Crippen molar-refractivity contribution in [3.63, 3.8) is 0 Å². The lowest BCUT2D eigenvalue weighted by Gasteiger charge is -2.10. The minimum Gasteiger partial charge on any atom is -0.208 e. The zero-order chi connectivity index (χ0) is 10.9. The predicted octanol–water partition coefficient (Wildman–Crippen LogP) is 4.79. The van der Waals surface area contributed by atoms with Crippen molar-refractivity contribution in [2.75, 3.05) is 0 Å². The highest BCUT2D eigenvalue weighted by Crippen LogP contribution is 2.34. The topological polar surface area (TPSA) is 0 Å². The fourth-order valence-corrected chi connectivity index (χ4v) is 1.54. The molecule has 0 heterocycles. The van der Waals surface area contributed by atoms with E-state index in [1.54, 1.807) is 0 Å². The summed E-state index contributed by atoms with van der Waals surface area (Å²) in [6, 6.07) is 2.10. The first-order valence-electron chi connectivity index (χ1n) is 3.50. The minimum atomic E-state index is -2.83. The Morgan fingerprint density at radius 1 is 1.29 bits per heavy atom. The van der Waals surface area contributed by atoms with Crippen molar-refractivity contribution in [3.05, 3.63) is 33.0 Å². The average molecular weight is 308 g/mol. The molecule has 1 unspecified atom stereocenters. The van der Waals surface area contributed by atoms with Crippen molar-refractivity contribution in [1.29, 1.82) is 0 Å². The molecular formula is C8H4BrCl2F3. The molecule has 0 saturated heterocycles. The van der Waals surface area contributed by atoms with Crippen molar-refractivity contribution in [2.24, 2.45) is 0 Å². The molecule has 0 N–H and O–H groups in total. The Labute approximate surface area is 97.1 Å².